The number of rotatable bonds is 12. The molecule has 11 atom stereocenters. The second-order valence-corrected chi connectivity index (χ2v) is 21.5. The van der Waals surface area contributed by atoms with Gasteiger partial charge < -0.3 is 26.0 Å². The van der Waals surface area contributed by atoms with Gasteiger partial charge in [0.05, 0.1) is 12.5 Å². The summed E-state index contributed by atoms with van der Waals surface area (Å²) in [5.74, 6) is -0.519. The number of allylic oxidation sites excluding steroid dienone is 2. The number of benzene rings is 1. The Morgan fingerprint density at radius 3 is 2.22 bits per heavy atom. The van der Waals surface area contributed by atoms with Crippen molar-refractivity contribution in [3.05, 3.63) is 46.0 Å². The lowest BCUT2D eigenvalue weighted by Crippen LogP contribution is -2.62. The molecular formula is C48H71ClN2O7. The molecule has 5 saturated carbocycles. The molecule has 0 aromatic heterocycles. The number of aliphatic carboxylic acids is 1. The summed E-state index contributed by atoms with van der Waals surface area (Å²) in [6.07, 6.45) is 11.5. The molecule has 0 saturated heterocycles. The summed E-state index contributed by atoms with van der Waals surface area (Å²) in [6, 6.07) is 7.75. The number of carboxylic acid groups (broad SMARTS) is 1. The van der Waals surface area contributed by atoms with Crippen LogP contribution in [-0.2, 0) is 19.2 Å². The van der Waals surface area contributed by atoms with Crippen molar-refractivity contribution < 1.29 is 34.5 Å². The van der Waals surface area contributed by atoms with Gasteiger partial charge in [0.1, 0.15) is 5.78 Å². The fraction of sp³-hybridized carbons (Fsp3) is 0.750. The van der Waals surface area contributed by atoms with Crippen molar-refractivity contribution in [1.82, 2.24) is 10.6 Å². The van der Waals surface area contributed by atoms with Crippen molar-refractivity contribution in [3.8, 4) is 0 Å². The Hall–Kier alpha value is -2.59. The van der Waals surface area contributed by atoms with Crippen LogP contribution in [-0.4, -0.2) is 58.3 Å². The van der Waals surface area contributed by atoms with Crippen LogP contribution < -0.4 is 10.6 Å². The number of ketones is 2. The number of carboxylic acids is 1. The molecular weight excluding hydrogens is 752 g/mol. The summed E-state index contributed by atoms with van der Waals surface area (Å²) in [7, 11) is 0. The highest BCUT2D eigenvalue weighted by Crippen LogP contribution is 2.74. The third-order valence-corrected chi connectivity index (χ3v) is 17.6. The molecule has 5 N–H and O–H groups in total. The lowest BCUT2D eigenvalue weighted by Gasteiger charge is -2.69. The van der Waals surface area contributed by atoms with Gasteiger partial charge in [0.2, 0.25) is 6.41 Å². The Balaban J connectivity index is 0.000000633. The molecule has 0 aliphatic heterocycles. The van der Waals surface area contributed by atoms with Crippen LogP contribution in [0.2, 0.25) is 5.02 Å². The number of fused-ring (bicyclic) bond motifs is 7. The molecule has 1 aromatic carbocycles. The zero-order valence-electron chi connectivity index (χ0n) is 36.3. The molecule has 0 spiro atoms. The van der Waals surface area contributed by atoms with Crippen LogP contribution in [0, 0.1) is 81.8 Å². The molecule has 5 fully saturated rings. The minimum atomic E-state index is -2.31. The van der Waals surface area contributed by atoms with Crippen molar-refractivity contribution in [2.75, 3.05) is 13.1 Å². The maximum atomic E-state index is 13.8. The maximum Gasteiger partial charge on any atom is 0.306 e. The zero-order chi connectivity index (χ0) is 42.6. The molecule has 0 heterocycles. The van der Waals surface area contributed by atoms with E-state index in [0.717, 1.165) is 62.0 Å². The van der Waals surface area contributed by atoms with Gasteiger partial charge in [0.25, 0.3) is 5.91 Å². The minimum absolute atomic E-state index is 0.0297. The first kappa shape index (κ1) is 44.9. The number of nitrogens with one attached hydrogen (secondary N) is 2. The molecule has 58 heavy (non-hydrogen) atoms. The van der Waals surface area contributed by atoms with Crippen molar-refractivity contribution in [1.29, 1.82) is 0 Å². The third kappa shape index (κ3) is 8.12. The quantitative estimate of drug-likeness (QED) is 0.0800. The van der Waals surface area contributed by atoms with Gasteiger partial charge in [-0.05, 0) is 153 Å². The Labute approximate surface area is 351 Å². The molecule has 11 unspecified atom stereocenters. The monoisotopic (exact) mass is 822 g/mol. The number of carbonyl (C=O) groups excluding carboxylic acids is 3. The summed E-state index contributed by atoms with van der Waals surface area (Å²) in [4.78, 5) is 49.7. The summed E-state index contributed by atoms with van der Waals surface area (Å²) < 4.78 is 0. The number of halogens is 1. The number of Topliss-reactive ketones (excluding diaryl/α,β-unsaturated/α-hetero) is 2. The van der Waals surface area contributed by atoms with Gasteiger partial charge in [-0.1, -0.05) is 83.3 Å². The molecule has 9 nitrogen and oxygen atoms in total. The minimum Gasteiger partial charge on any atom is -0.481 e. The Morgan fingerprint density at radius 1 is 0.948 bits per heavy atom. The van der Waals surface area contributed by atoms with E-state index in [1.807, 2.05) is 43.4 Å². The number of amides is 1. The predicted octanol–water partition coefficient (Wildman–Crippen LogP) is 8.52. The van der Waals surface area contributed by atoms with Crippen LogP contribution in [0.1, 0.15) is 131 Å². The van der Waals surface area contributed by atoms with E-state index in [9.17, 15) is 34.5 Å². The highest BCUT2D eigenvalue weighted by molar-refractivity contribution is 6.30. The molecule has 7 rings (SSSR count). The van der Waals surface area contributed by atoms with Crippen LogP contribution in [0.15, 0.2) is 35.4 Å². The summed E-state index contributed by atoms with van der Waals surface area (Å²) >= 11 is 5.61. The number of aliphatic hydroxyl groups is 2. The van der Waals surface area contributed by atoms with Crippen molar-refractivity contribution in [2.45, 2.75) is 138 Å². The van der Waals surface area contributed by atoms with E-state index >= 15 is 0 Å². The van der Waals surface area contributed by atoms with Gasteiger partial charge in [-0.25, -0.2) is 0 Å². The Morgan fingerprint density at radius 2 is 1.62 bits per heavy atom. The number of carbonyl (C=O) groups is 4. The molecule has 6 aliphatic rings. The fourth-order valence-electron chi connectivity index (χ4n) is 14.4. The fourth-order valence-corrected chi connectivity index (χ4v) is 14.5. The highest BCUT2D eigenvalue weighted by atomic mass is 35.5. The largest absolute Gasteiger partial charge is 0.481 e. The van der Waals surface area contributed by atoms with Gasteiger partial charge in [-0.15, -0.1) is 0 Å². The second-order valence-electron chi connectivity index (χ2n) is 21.0. The van der Waals surface area contributed by atoms with Gasteiger partial charge in [0, 0.05) is 29.2 Å². The molecule has 322 valence electrons. The van der Waals surface area contributed by atoms with E-state index in [0.29, 0.717) is 61.2 Å². The van der Waals surface area contributed by atoms with E-state index in [-0.39, 0.29) is 64.1 Å². The van der Waals surface area contributed by atoms with Crippen molar-refractivity contribution in [3.63, 3.8) is 0 Å². The first-order chi connectivity index (χ1) is 27.1. The van der Waals surface area contributed by atoms with E-state index in [1.165, 1.54) is 17.6 Å². The summed E-state index contributed by atoms with van der Waals surface area (Å²) in [5.41, 5.74) is 3.93. The molecule has 0 radical (unpaired) electrons. The van der Waals surface area contributed by atoms with Crippen LogP contribution in [0.5, 0.6) is 0 Å². The lowest BCUT2D eigenvalue weighted by atomic mass is 9.35. The third-order valence-electron chi connectivity index (χ3n) is 17.4. The molecule has 0 bridgehead atoms. The van der Waals surface area contributed by atoms with Crippen molar-refractivity contribution >= 4 is 35.5 Å². The van der Waals surface area contributed by atoms with Crippen LogP contribution in [0.3, 0.4) is 0 Å². The summed E-state index contributed by atoms with van der Waals surface area (Å²) in [6.45, 7) is 18.6. The highest BCUT2D eigenvalue weighted by Gasteiger charge is 2.66. The van der Waals surface area contributed by atoms with E-state index in [1.54, 1.807) is 0 Å². The predicted molar refractivity (Wildman–Crippen MR) is 226 cm³/mol. The number of hydrogen-bond acceptors (Lipinski definition) is 7. The normalized spacial score (nSPS) is 37.6. The first-order valence-electron chi connectivity index (χ1n) is 22.2. The SMILES string of the molecule is CC(C)C1=C2C3CCC4C(C)(CCC5C(C)(C)C(CC(=O)C6CC(C(=O)O)C6C)CCC54C)C3CCC2(CCNCC(O)(O)NC=O)CC1=O.Cc1ccc(Cl)cc1. The number of aryl methyl sites for hydroxylation is 1. The first-order valence-corrected chi connectivity index (χ1v) is 22.6. The summed E-state index contributed by atoms with van der Waals surface area (Å²) in [5, 5.41) is 35.4. The average Bonchev–Trinajstić information content (AvgIpc) is 3.44. The van der Waals surface area contributed by atoms with Gasteiger partial charge in [-0.3, -0.25) is 19.2 Å². The van der Waals surface area contributed by atoms with Crippen LogP contribution in [0.4, 0.5) is 0 Å². The topological polar surface area (TPSA) is 153 Å². The van der Waals surface area contributed by atoms with Gasteiger partial charge in [-0.2, -0.15) is 0 Å². The second kappa shape index (κ2) is 16.7. The average molecular weight is 824 g/mol. The van der Waals surface area contributed by atoms with Crippen LogP contribution >= 0.6 is 11.6 Å². The van der Waals surface area contributed by atoms with Crippen molar-refractivity contribution in [2.24, 2.45) is 74.9 Å². The smallest absolute Gasteiger partial charge is 0.306 e. The lowest BCUT2D eigenvalue weighted by molar-refractivity contribution is -0.193. The van der Waals surface area contributed by atoms with Gasteiger partial charge in [0.15, 0.2) is 5.78 Å². The van der Waals surface area contributed by atoms with E-state index in [4.69, 9.17) is 11.6 Å². The van der Waals surface area contributed by atoms with Crippen LogP contribution in [0.25, 0.3) is 0 Å². The van der Waals surface area contributed by atoms with E-state index < -0.39 is 11.9 Å². The Bertz CT molecular complexity index is 1730. The van der Waals surface area contributed by atoms with E-state index in [2.05, 4.69) is 46.9 Å². The zero-order valence-corrected chi connectivity index (χ0v) is 37.1. The maximum absolute atomic E-state index is 13.8. The Kier molecular flexibility index (Phi) is 12.9. The molecule has 1 aromatic rings. The standard InChI is InChI=1S/C41H64N2O7.C7H7Cl/c1-23(2)34-31(46)20-40(16-17-42-21-41(49,50)43-22-44)15-11-29-26(35(34)40)8-9-33-38(29,6)14-12-32-37(4,5)25(10-13-39(32,33)7)18-30(45)27-19-28(24(27)3)36(47)48;1-6-2-4-7(8)5-3-6/h22-29,32-33,42,49-50H,8-21H2,1-7H3,(H,43,44)(H,47,48);2-5H,1H3. The number of hydrogen-bond donors (Lipinski definition) is 5. The molecule has 10 heteroatoms. The molecule has 6 aliphatic carbocycles. The van der Waals surface area contributed by atoms with Gasteiger partial charge >= 0.3 is 5.97 Å². The molecule has 1 amide bonds.